The van der Waals surface area contributed by atoms with Gasteiger partial charge in [0.25, 0.3) is 0 Å². The van der Waals surface area contributed by atoms with E-state index >= 15 is 0 Å². The van der Waals surface area contributed by atoms with Crippen molar-refractivity contribution in [3.05, 3.63) is 29.1 Å². The second kappa shape index (κ2) is 5.05. The van der Waals surface area contributed by atoms with Crippen LogP contribution < -0.4 is 0 Å². The van der Waals surface area contributed by atoms with Crippen LogP contribution in [0.3, 0.4) is 0 Å². The quantitative estimate of drug-likeness (QED) is 0.749. The number of H-pyrrole nitrogens is 1. The minimum absolute atomic E-state index is 0.319. The molecule has 0 saturated heterocycles. The van der Waals surface area contributed by atoms with Gasteiger partial charge in [-0.05, 0) is 37.1 Å². The Morgan fingerprint density at radius 3 is 2.58 bits per heavy atom. The van der Waals surface area contributed by atoms with Crippen molar-refractivity contribution in [3.8, 4) is 0 Å². The number of nitrogens with zero attached hydrogens (tertiary/aromatic N) is 1. The number of fused-ring (bicyclic) bond motifs is 1. The highest BCUT2D eigenvalue weighted by atomic mass is 32.1. The Hall–Kier alpha value is -1.82. The third kappa shape index (κ3) is 2.78. The van der Waals surface area contributed by atoms with Gasteiger partial charge in [-0.3, -0.25) is 9.59 Å². The van der Waals surface area contributed by atoms with Crippen molar-refractivity contribution in [3.63, 3.8) is 0 Å². The van der Waals surface area contributed by atoms with Gasteiger partial charge in [0.05, 0.1) is 23.4 Å². The Labute approximate surface area is 115 Å². The zero-order valence-corrected chi connectivity index (χ0v) is 11.5. The van der Waals surface area contributed by atoms with Crippen LogP contribution in [0.1, 0.15) is 29.3 Å². The molecule has 0 aliphatic carbocycles. The molecule has 6 heteroatoms. The summed E-state index contributed by atoms with van der Waals surface area (Å²) in [6.07, 6.45) is -0.319. The zero-order chi connectivity index (χ0) is 14.2. The third-order valence-electron chi connectivity index (χ3n) is 3.12. The van der Waals surface area contributed by atoms with Crippen molar-refractivity contribution in [1.29, 1.82) is 0 Å². The van der Waals surface area contributed by atoms with E-state index in [0.29, 0.717) is 5.82 Å². The lowest BCUT2D eigenvalue weighted by Gasteiger charge is -2.06. The van der Waals surface area contributed by atoms with Crippen LogP contribution in [0.4, 0.5) is 0 Å². The summed E-state index contributed by atoms with van der Waals surface area (Å²) < 4.78 is 0. The molecule has 5 nitrogen and oxygen atoms in total. The Morgan fingerprint density at radius 1 is 1.37 bits per heavy atom. The van der Waals surface area contributed by atoms with Gasteiger partial charge < -0.3 is 10.1 Å². The summed E-state index contributed by atoms with van der Waals surface area (Å²) in [6.45, 7) is 3.95. The highest BCUT2D eigenvalue weighted by Gasteiger charge is 2.24. The molecule has 1 unspecified atom stereocenters. The van der Waals surface area contributed by atoms with Gasteiger partial charge in [-0.25, -0.2) is 4.98 Å². The molecule has 1 heterocycles. The van der Waals surface area contributed by atoms with Gasteiger partial charge >= 0.3 is 5.97 Å². The van der Waals surface area contributed by atoms with Crippen LogP contribution in [-0.2, 0) is 9.59 Å². The Balaban J connectivity index is 2.49. The number of aryl methyl sites for hydroxylation is 2. The van der Waals surface area contributed by atoms with Gasteiger partial charge in [0.15, 0.2) is 5.12 Å². The molecule has 0 saturated carbocycles. The molecule has 1 aromatic carbocycles. The van der Waals surface area contributed by atoms with E-state index in [2.05, 4.69) is 22.6 Å². The minimum Gasteiger partial charge on any atom is -0.481 e. The smallest absolute Gasteiger partial charge is 0.304 e. The van der Waals surface area contributed by atoms with Gasteiger partial charge in [0, 0.05) is 0 Å². The van der Waals surface area contributed by atoms with E-state index in [1.165, 1.54) is 0 Å². The number of rotatable bonds is 4. The molecule has 2 rings (SSSR count). The van der Waals surface area contributed by atoms with E-state index in [0.717, 1.165) is 22.2 Å². The molecule has 1 atom stereocenters. The van der Waals surface area contributed by atoms with Crippen LogP contribution in [-0.4, -0.2) is 26.2 Å². The first-order chi connectivity index (χ1) is 8.88. The first-order valence-corrected chi connectivity index (χ1v) is 6.24. The first-order valence-electron chi connectivity index (χ1n) is 5.80. The number of carbonyl (C=O) groups is 2. The standard InChI is InChI=1S/C13H14N2O3S/c1-6-3-9-10(4-7(6)2)15-12(14-9)8(13(18)19)5-11(16)17/h3-4,8H,5H2,1-2H3,(H,14,15)(H,16,17)(H,18,19). The summed E-state index contributed by atoms with van der Waals surface area (Å²) in [5, 5.41) is 8.32. The highest BCUT2D eigenvalue weighted by Crippen LogP contribution is 2.24. The van der Waals surface area contributed by atoms with Crippen LogP contribution in [0.5, 0.6) is 0 Å². The maximum Gasteiger partial charge on any atom is 0.304 e. The zero-order valence-electron chi connectivity index (χ0n) is 10.6. The van der Waals surface area contributed by atoms with Crippen LogP contribution in [0, 0.1) is 13.8 Å². The second-order valence-electron chi connectivity index (χ2n) is 4.56. The van der Waals surface area contributed by atoms with Gasteiger partial charge in [0.1, 0.15) is 5.82 Å². The SMILES string of the molecule is Cc1cc2nc(C(CC(=O)O)C(=O)S)[nH]c2cc1C. The average molecular weight is 278 g/mol. The summed E-state index contributed by atoms with van der Waals surface area (Å²) in [5.74, 6) is -1.56. The topological polar surface area (TPSA) is 83.0 Å². The molecule has 0 radical (unpaired) electrons. The molecule has 0 amide bonds. The van der Waals surface area contributed by atoms with Crippen LogP contribution in [0.25, 0.3) is 11.0 Å². The molecular formula is C13H14N2O3S. The van der Waals surface area contributed by atoms with Crippen LogP contribution in [0.2, 0.25) is 0 Å². The van der Waals surface area contributed by atoms with Crippen molar-refractivity contribution >= 4 is 34.7 Å². The lowest BCUT2D eigenvalue weighted by molar-refractivity contribution is -0.138. The molecule has 0 bridgehead atoms. The number of nitrogens with one attached hydrogen (secondary N) is 1. The summed E-state index contributed by atoms with van der Waals surface area (Å²) in [6, 6.07) is 3.84. The maximum absolute atomic E-state index is 11.4. The van der Waals surface area contributed by atoms with Crippen LogP contribution >= 0.6 is 12.6 Å². The van der Waals surface area contributed by atoms with Gasteiger partial charge in [-0.1, -0.05) is 0 Å². The summed E-state index contributed by atoms with van der Waals surface area (Å²) in [4.78, 5) is 29.5. The number of aromatic nitrogens is 2. The lowest BCUT2D eigenvalue weighted by atomic mass is 10.1. The van der Waals surface area contributed by atoms with E-state index in [1.807, 2.05) is 26.0 Å². The number of thiol groups is 1. The van der Waals surface area contributed by atoms with E-state index in [-0.39, 0.29) is 6.42 Å². The predicted octanol–water partition coefficient (Wildman–Crippen LogP) is 2.19. The number of aromatic amines is 1. The number of benzene rings is 1. The number of carbonyl (C=O) groups excluding carboxylic acids is 1. The van der Waals surface area contributed by atoms with E-state index < -0.39 is 17.0 Å². The Bertz CT molecular complexity index is 624. The normalized spacial score (nSPS) is 12.6. The molecule has 0 spiro atoms. The largest absolute Gasteiger partial charge is 0.481 e. The van der Waals surface area contributed by atoms with E-state index in [4.69, 9.17) is 5.11 Å². The fourth-order valence-corrected chi connectivity index (χ4v) is 2.14. The number of aliphatic carboxylic acids is 1. The molecule has 19 heavy (non-hydrogen) atoms. The molecule has 0 fully saturated rings. The van der Waals surface area contributed by atoms with Gasteiger partial charge in [0.2, 0.25) is 0 Å². The monoisotopic (exact) mass is 278 g/mol. The molecule has 0 aliphatic heterocycles. The fraction of sp³-hybridized carbons (Fsp3) is 0.308. The molecule has 100 valence electrons. The van der Waals surface area contributed by atoms with Crippen molar-refractivity contribution < 1.29 is 14.7 Å². The van der Waals surface area contributed by atoms with Gasteiger partial charge in [-0.15, -0.1) is 12.6 Å². The molecule has 1 aromatic heterocycles. The first kappa shape index (κ1) is 13.6. The number of carboxylic acid groups (broad SMARTS) is 1. The summed E-state index contributed by atoms with van der Waals surface area (Å²) >= 11 is 3.74. The van der Waals surface area contributed by atoms with Crippen molar-refractivity contribution in [1.82, 2.24) is 9.97 Å². The number of hydrogen-bond donors (Lipinski definition) is 3. The fourth-order valence-electron chi connectivity index (χ4n) is 1.93. The Kier molecular flexibility index (Phi) is 3.61. The summed E-state index contributed by atoms with van der Waals surface area (Å²) in [5.41, 5.74) is 3.72. The molecule has 2 N–H and O–H groups in total. The highest BCUT2D eigenvalue weighted by molar-refractivity contribution is 7.96. The summed E-state index contributed by atoms with van der Waals surface area (Å²) in [7, 11) is 0. The van der Waals surface area contributed by atoms with E-state index in [9.17, 15) is 9.59 Å². The Morgan fingerprint density at radius 2 is 2.00 bits per heavy atom. The third-order valence-corrected chi connectivity index (χ3v) is 3.43. The van der Waals surface area contributed by atoms with Crippen molar-refractivity contribution in [2.45, 2.75) is 26.2 Å². The number of hydrogen-bond acceptors (Lipinski definition) is 3. The minimum atomic E-state index is -1.06. The second-order valence-corrected chi connectivity index (χ2v) is 5.01. The maximum atomic E-state index is 11.4. The molecule has 0 aliphatic rings. The van der Waals surface area contributed by atoms with Gasteiger partial charge in [-0.2, -0.15) is 0 Å². The lowest BCUT2D eigenvalue weighted by Crippen LogP contribution is -2.13. The average Bonchev–Trinajstić information content (AvgIpc) is 2.68. The van der Waals surface area contributed by atoms with Crippen molar-refractivity contribution in [2.75, 3.05) is 0 Å². The van der Waals surface area contributed by atoms with E-state index in [1.54, 1.807) is 0 Å². The van der Waals surface area contributed by atoms with Crippen molar-refractivity contribution in [2.24, 2.45) is 0 Å². The number of imidazole rings is 1. The predicted molar refractivity (Wildman–Crippen MR) is 74.6 cm³/mol. The molecular weight excluding hydrogens is 264 g/mol. The van der Waals surface area contributed by atoms with Crippen LogP contribution in [0.15, 0.2) is 12.1 Å². The number of carboxylic acids is 1. The molecule has 2 aromatic rings.